The average molecular weight is 373 g/mol. The maximum atomic E-state index is 5.54. The molecule has 3 rings (SSSR count). The number of piperazine rings is 1. The van der Waals surface area contributed by atoms with Crippen LogP contribution in [-0.4, -0.2) is 58.4 Å². The van der Waals surface area contributed by atoms with Gasteiger partial charge in [0.1, 0.15) is 5.75 Å². The zero-order valence-electron chi connectivity index (χ0n) is 17.4. The maximum absolute atomic E-state index is 5.54. The minimum Gasteiger partial charge on any atom is -0.495 e. The van der Waals surface area contributed by atoms with E-state index in [0.29, 0.717) is 5.92 Å². The molecule has 2 heterocycles. The number of hydrogen-bond acceptors (Lipinski definition) is 6. The van der Waals surface area contributed by atoms with Crippen molar-refractivity contribution in [1.82, 2.24) is 25.1 Å². The van der Waals surface area contributed by atoms with Crippen LogP contribution in [0.15, 0.2) is 24.3 Å². The third-order valence-electron chi connectivity index (χ3n) is 5.16. The largest absolute Gasteiger partial charge is 0.495 e. The van der Waals surface area contributed by atoms with Crippen molar-refractivity contribution in [3.05, 3.63) is 30.1 Å². The molecule has 1 aromatic carbocycles. The van der Waals surface area contributed by atoms with Crippen molar-refractivity contribution in [2.24, 2.45) is 5.92 Å². The number of methoxy groups -OCH3 is 1. The number of ether oxygens (including phenoxy) is 1. The average Bonchev–Trinajstić information content (AvgIpc) is 3.12. The number of hydrogen-bond donors (Lipinski definition) is 0. The minimum atomic E-state index is -0.134. The van der Waals surface area contributed by atoms with Crippen LogP contribution in [0.25, 0.3) is 0 Å². The van der Waals surface area contributed by atoms with Gasteiger partial charge in [-0.2, -0.15) is 0 Å². The molecule has 27 heavy (non-hydrogen) atoms. The van der Waals surface area contributed by atoms with Crippen LogP contribution in [0.2, 0.25) is 0 Å². The Hall–Kier alpha value is -2.15. The topological polar surface area (TPSA) is 59.3 Å². The molecular formula is C20H32N6O. The van der Waals surface area contributed by atoms with Gasteiger partial charge in [-0.05, 0) is 49.2 Å². The van der Waals surface area contributed by atoms with Crippen LogP contribution in [0, 0.1) is 5.92 Å². The normalized spacial score (nSPS) is 17.4. The molecule has 148 valence electrons. The fourth-order valence-corrected chi connectivity index (χ4v) is 3.87. The first-order chi connectivity index (χ1) is 12.8. The van der Waals surface area contributed by atoms with Crippen molar-refractivity contribution in [2.75, 3.05) is 38.2 Å². The summed E-state index contributed by atoms with van der Waals surface area (Å²) in [5, 5.41) is 12.7. The lowest BCUT2D eigenvalue weighted by Crippen LogP contribution is -2.49. The van der Waals surface area contributed by atoms with Crippen molar-refractivity contribution in [3.8, 4) is 5.75 Å². The van der Waals surface area contributed by atoms with Crippen LogP contribution in [0.1, 0.15) is 46.5 Å². The summed E-state index contributed by atoms with van der Waals surface area (Å²) >= 11 is 0. The van der Waals surface area contributed by atoms with Gasteiger partial charge in [0.05, 0.1) is 24.4 Å². The van der Waals surface area contributed by atoms with Crippen molar-refractivity contribution in [1.29, 1.82) is 0 Å². The van der Waals surface area contributed by atoms with Crippen molar-refractivity contribution < 1.29 is 4.74 Å². The summed E-state index contributed by atoms with van der Waals surface area (Å²) in [7, 11) is 1.73. The third kappa shape index (κ3) is 4.08. The number of rotatable bonds is 5. The van der Waals surface area contributed by atoms with E-state index in [0.717, 1.165) is 37.8 Å². The van der Waals surface area contributed by atoms with Crippen LogP contribution in [-0.2, 0) is 5.54 Å². The number of tetrazole rings is 1. The predicted molar refractivity (Wildman–Crippen MR) is 107 cm³/mol. The summed E-state index contributed by atoms with van der Waals surface area (Å²) in [6.45, 7) is 14.8. The first-order valence-corrected chi connectivity index (χ1v) is 9.73. The zero-order chi connectivity index (χ0) is 19.6. The Morgan fingerprint density at radius 3 is 2.30 bits per heavy atom. The van der Waals surface area contributed by atoms with E-state index in [-0.39, 0.29) is 11.6 Å². The first kappa shape index (κ1) is 19.6. The molecule has 1 fully saturated rings. The molecule has 1 saturated heterocycles. The lowest BCUT2D eigenvalue weighted by Gasteiger charge is -2.41. The highest BCUT2D eigenvalue weighted by molar-refractivity contribution is 5.58. The Morgan fingerprint density at radius 1 is 1.04 bits per heavy atom. The minimum absolute atomic E-state index is 0.134. The van der Waals surface area contributed by atoms with E-state index >= 15 is 0 Å². The second kappa shape index (κ2) is 7.84. The summed E-state index contributed by atoms with van der Waals surface area (Å²) in [6, 6.07) is 8.45. The fourth-order valence-electron chi connectivity index (χ4n) is 3.87. The number of aromatic nitrogens is 4. The third-order valence-corrected chi connectivity index (χ3v) is 5.16. The molecular weight excluding hydrogens is 340 g/mol. The predicted octanol–water partition coefficient (Wildman–Crippen LogP) is 2.96. The van der Waals surface area contributed by atoms with E-state index in [1.54, 1.807) is 7.11 Å². The lowest BCUT2D eigenvalue weighted by atomic mass is 9.99. The van der Waals surface area contributed by atoms with Gasteiger partial charge in [-0.25, -0.2) is 4.68 Å². The maximum Gasteiger partial charge on any atom is 0.169 e. The van der Waals surface area contributed by atoms with Gasteiger partial charge in [-0.15, -0.1) is 5.10 Å². The van der Waals surface area contributed by atoms with E-state index in [2.05, 4.69) is 72.1 Å². The molecule has 0 amide bonds. The van der Waals surface area contributed by atoms with Crippen LogP contribution < -0.4 is 9.64 Å². The second-order valence-corrected chi connectivity index (χ2v) is 8.50. The van der Waals surface area contributed by atoms with Gasteiger partial charge in [-0.3, -0.25) is 4.90 Å². The second-order valence-electron chi connectivity index (χ2n) is 8.50. The summed E-state index contributed by atoms with van der Waals surface area (Å²) in [4.78, 5) is 4.92. The van der Waals surface area contributed by atoms with Crippen LogP contribution in [0.4, 0.5) is 5.69 Å². The standard InChI is InChI=1S/C20H32N6O/c1-15(2)18(19-21-22-23-26(19)20(3,4)5)25-13-11-24(12-14-25)16-9-7-8-10-17(16)27-6/h7-10,15,18H,11-14H2,1-6H3/t18-/m1/s1. The van der Waals surface area contributed by atoms with Gasteiger partial charge >= 0.3 is 0 Å². The SMILES string of the molecule is COc1ccccc1N1CCN([C@@H](c2nnnn2C(C)(C)C)C(C)C)CC1. The molecule has 1 atom stereocenters. The van der Waals surface area contributed by atoms with Gasteiger partial charge in [0.15, 0.2) is 5.82 Å². The van der Waals surface area contributed by atoms with Crippen LogP contribution in [0.3, 0.4) is 0 Å². The molecule has 0 saturated carbocycles. The van der Waals surface area contributed by atoms with E-state index in [1.165, 1.54) is 5.69 Å². The van der Waals surface area contributed by atoms with Crippen LogP contribution >= 0.6 is 0 Å². The van der Waals surface area contributed by atoms with Crippen LogP contribution in [0.5, 0.6) is 5.75 Å². The lowest BCUT2D eigenvalue weighted by molar-refractivity contribution is 0.128. The van der Waals surface area contributed by atoms with E-state index in [9.17, 15) is 0 Å². The summed E-state index contributed by atoms with van der Waals surface area (Å²) in [6.07, 6.45) is 0. The highest BCUT2D eigenvalue weighted by Gasteiger charge is 2.34. The fraction of sp³-hybridized carbons (Fsp3) is 0.650. The molecule has 2 aromatic rings. The van der Waals surface area contributed by atoms with Crippen molar-refractivity contribution >= 4 is 5.69 Å². The quantitative estimate of drug-likeness (QED) is 0.804. The molecule has 0 radical (unpaired) electrons. The number of anilines is 1. The zero-order valence-corrected chi connectivity index (χ0v) is 17.4. The number of nitrogens with zero attached hydrogens (tertiary/aromatic N) is 6. The van der Waals surface area contributed by atoms with E-state index < -0.39 is 0 Å². The molecule has 0 N–H and O–H groups in total. The van der Waals surface area contributed by atoms with Gasteiger partial charge in [-0.1, -0.05) is 26.0 Å². The Morgan fingerprint density at radius 2 is 1.70 bits per heavy atom. The Balaban J connectivity index is 1.78. The van der Waals surface area contributed by atoms with Gasteiger partial charge in [0, 0.05) is 26.2 Å². The molecule has 0 bridgehead atoms. The number of benzene rings is 1. The van der Waals surface area contributed by atoms with Gasteiger partial charge in [0.2, 0.25) is 0 Å². The Kier molecular flexibility index (Phi) is 5.69. The van der Waals surface area contributed by atoms with Gasteiger partial charge < -0.3 is 9.64 Å². The molecule has 1 aliphatic heterocycles. The Bertz CT molecular complexity index is 743. The van der Waals surface area contributed by atoms with E-state index in [1.807, 2.05) is 16.8 Å². The summed E-state index contributed by atoms with van der Waals surface area (Å²) in [5.41, 5.74) is 1.03. The van der Waals surface area contributed by atoms with Gasteiger partial charge in [0.25, 0.3) is 0 Å². The molecule has 0 unspecified atom stereocenters. The molecule has 0 aliphatic carbocycles. The van der Waals surface area contributed by atoms with Crippen molar-refractivity contribution in [3.63, 3.8) is 0 Å². The van der Waals surface area contributed by atoms with Crippen molar-refractivity contribution in [2.45, 2.75) is 46.2 Å². The highest BCUT2D eigenvalue weighted by Crippen LogP contribution is 2.33. The monoisotopic (exact) mass is 372 g/mol. The molecule has 1 aromatic heterocycles. The summed E-state index contributed by atoms with van der Waals surface area (Å²) in [5.74, 6) is 2.32. The first-order valence-electron chi connectivity index (χ1n) is 9.73. The number of para-hydroxylation sites is 2. The Labute approximate surface area is 162 Å². The highest BCUT2D eigenvalue weighted by atomic mass is 16.5. The smallest absolute Gasteiger partial charge is 0.169 e. The molecule has 0 spiro atoms. The molecule has 7 heteroatoms. The molecule has 1 aliphatic rings. The van der Waals surface area contributed by atoms with E-state index in [4.69, 9.17) is 4.74 Å². The molecule has 7 nitrogen and oxygen atoms in total. The summed E-state index contributed by atoms with van der Waals surface area (Å²) < 4.78 is 7.51.